The van der Waals surface area contributed by atoms with Crippen LogP contribution in [-0.2, 0) is 21.0 Å². The number of hydrogen-bond acceptors (Lipinski definition) is 7. The lowest BCUT2D eigenvalue weighted by molar-refractivity contribution is -0.384. The Morgan fingerprint density at radius 1 is 1.11 bits per heavy atom. The molecule has 2 saturated heterocycles. The van der Waals surface area contributed by atoms with E-state index < -0.39 is 41.2 Å². The number of hydrazine groups is 1. The maximum absolute atomic E-state index is 13.3. The number of ether oxygens (including phenoxy) is 1. The predicted molar refractivity (Wildman–Crippen MR) is 120 cm³/mol. The van der Waals surface area contributed by atoms with Crippen LogP contribution in [0.1, 0.15) is 29.8 Å². The van der Waals surface area contributed by atoms with E-state index >= 15 is 0 Å². The maximum atomic E-state index is 13.3. The predicted octanol–water partition coefficient (Wildman–Crippen LogP) is 3.04. The minimum Gasteiger partial charge on any atom is -0.443 e. The largest absolute Gasteiger partial charge is 0.443 e. The summed E-state index contributed by atoms with van der Waals surface area (Å²) in [6, 6.07) is 13.6. The molecule has 0 unspecified atom stereocenters. The fraction of sp³-hybridized carbons (Fsp3) is 0.292. The van der Waals surface area contributed by atoms with Crippen molar-refractivity contribution in [2.24, 2.45) is 5.92 Å². The Kier molecular flexibility index (Phi) is 5.48. The van der Waals surface area contributed by atoms with E-state index in [4.69, 9.17) is 9.57 Å². The highest BCUT2D eigenvalue weighted by atomic mass is 16.7. The van der Waals surface area contributed by atoms with Gasteiger partial charge in [-0.15, -0.1) is 0 Å². The molecule has 2 fully saturated rings. The molecule has 3 amide bonds. The highest BCUT2D eigenvalue weighted by molar-refractivity contribution is 5.95. The molecule has 11 heteroatoms. The van der Waals surface area contributed by atoms with Crippen molar-refractivity contribution >= 4 is 23.6 Å². The molecule has 6 rings (SSSR count). The topological polar surface area (TPSA) is 123 Å². The van der Waals surface area contributed by atoms with Crippen LogP contribution in [0.3, 0.4) is 0 Å². The van der Waals surface area contributed by atoms with Gasteiger partial charge in [-0.3, -0.25) is 24.5 Å². The van der Waals surface area contributed by atoms with E-state index in [0.717, 1.165) is 15.6 Å². The molecule has 11 nitrogen and oxygen atoms in total. The van der Waals surface area contributed by atoms with Crippen LogP contribution < -0.4 is 0 Å². The second-order valence-electron chi connectivity index (χ2n) is 8.63. The number of hydrogen-bond donors (Lipinski definition) is 0. The van der Waals surface area contributed by atoms with Gasteiger partial charge in [0, 0.05) is 17.7 Å². The van der Waals surface area contributed by atoms with E-state index in [1.165, 1.54) is 29.3 Å². The Hall–Kier alpha value is -4.25. The number of rotatable bonds is 4. The van der Waals surface area contributed by atoms with Crippen molar-refractivity contribution in [2.45, 2.75) is 38.8 Å². The minimum absolute atomic E-state index is 0.0829. The number of non-ortho nitro benzene ring substituents is 1. The number of fused-ring (bicyclic) bond motifs is 1. The van der Waals surface area contributed by atoms with Gasteiger partial charge in [0.15, 0.2) is 6.17 Å². The molecule has 4 heterocycles. The second-order valence-corrected chi connectivity index (χ2v) is 8.63. The first-order valence-electron chi connectivity index (χ1n) is 11.0. The standard InChI is InChI=1S/C24H22N4O7/c1-14-12-19-25(24(31)34-13-16-8-10-18(11-9-16)28(32)33)26-20(15(2)22(26)29)21(14)35-27(19)23(30)17-6-4-3-5-7-17/h3-12,15,19-21H,13H2,1-2H3/t15-,19+,20-,21+/m0/s1. The number of benzene rings is 2. The van der Waals surface area contributed by atoms with Gasteiger partial charge in [0.25, 0.3) is 11.6 Å². The SMILES string of the molecule is CC1=C[C@H]2N(C(=O)c3ccccc3)O[C@H]1[C@@H]1[C@H](C)C(=O)N1N2C(=O)OCc1ccc([N+](=O)[O-])cc1. The highest BCUT2D eigenvalue weighted by Gasteiger charge is 2.61. The van der Waals surface area contributed by atoms with Crippen LogP contribution in [0.4, 0.5) is 10.5 Å². The fourth-order valence-corrected chi connectivity index (χ4v) is 4.56. The van der Waals surface area contributed by atoms with Crippen LogP contribution in [0.5, 0.6) is 0 Å². The number of β-lactam (4-membered cyclic amide) rings is 1. The Bertz CT molecular complexity index is 1230. The molecule has 2 aromatic carbocycles. The normalized spacial score (nSPS) is 24.8. The van der Waals surface area contributed by atoms with Gasteiger partial charge in [0.1, 0.15) is 12.7 Å². The third-order valence-electron chi connectivity index (χ3n) is 6.45. The van der Waals surface area contributed by atoms with Crippen molar-refractivity contribution in [1.29, 1.82) is 0 Å². The number of hydroxylamine groups is 2. The quantitative estimate of drug-likeness (QED) is 0.286. The molecule has 4 atom stereocenters. The van der Waals surface area contributed by atoms with Gasteiger partial charge in [-0.25, -0.2) is 9.80 Å². The average molecular weight is 478 g/mol. The van der Waals surface area contributed by atoms with Gasteiger partial charge in [0.2, 0.25) is 5.91 Å². The molecule has 2 aromatic rings. The number of nitro benzene ring substituents is 1. The van der Waals surface area contributed by atoms with Crippen molar-refractivity contribution in [3.63, 3.8) is 0 Å². The van der Waals surface area contributed by atoms with Crippen molar-refractivity contribution in [2.75, 3.05) is 0 Å². The zero-order chi connectivity index (χ0) is 24.9. The zero-order valence-corrected chi connectivity index (χ0v) is 18.9. The number of amides is 3. The molecule has 0 aliphatic carbocycles. The summed E-state index contributed by atoms with van der Waals surface area (Å²) in [5.41, 5.74) is 1.61. The molecule has 2 bridgehead atoms. The monoisotopic (exact) mass is 478 g/mol. The van der Waals surface area contributed by atoms with Crippen LogP contribution in [0.25, 0.3) is 0 Å². The van der Waals surface area contributed by atoms with Crippen molar-refractivity contribution in [3.8, 4) is 0 Å². The van der Waals surface area contributed by atoms with Crippen molar-refractivity contribution in [3.05, 3.63) is 87.5 Å². The summed E-state index contributed by atoms with van der Waals surface area (Å²) in [4.78, 5) is 55.9. The molecule has 0 aromatic heterocycles. The number of nitro groups is 1. The summed E-state index contributed by atoms with van der Waals surface area (Å²) in [5, 5.41) is 14.4. The summed E-state index contributed by atoms with van der Waals surface area (Å²) in [5.74, 6) is -1.16. The van der Waals surface area contributed by atoms with E-state index in [0.29, 0.717) is 11.1 Å². The second kappa shape index (κ2) is 8.51. The Balaban J connectivity index is 1.44. The van der Waals surface area contributed by atoms with Crippen LogP contribution in [-0.4, -0.2) is 56.2 Å². The number of carbonyl (C=O) groups is 3. The van der Waals surface area contributed by atoms with E-state index in [1.807, 2.05) is 6.92 Å². The lowest BCUT2D eigenvalue weighted by Crippen LogP contribution is -2.70. The fourth-order valence-electron chi connectivity index (χ4n) is 4.56. The lowest BCUT2D eigenvalue weighted by Gasteiger charge is -2.49. The summed E-state index contributed by atoms with van der Waals surface area (Å²) < 4.78 is 5.48. The number of nitrogens with zero attached hydrogens (tertiary/aromatic N) is 4. The first-order valence-corrected chi connectivity index (χ1v) is 11.0. The van der Waals surface area contributed by atoms with Crippen LogP contribution in [0, 0.1) is 16.0 Å². The van der Waals surface area contributed by atoms with Crippen molar-refractivity contribution in [1.82, 2.24) is 15.1 Å². The maximum Gasteiger partial charge on any atom is 0.431 e. The first-order chi connectivity index (χ1) is 16.8. The van der Waals surface area contributed by atoms with Crippen LogP contribution in [0.15, 0.2) is 66.2 Å². The third kappa shape index (κ3) is 3.69. The number of carbonyl (C=O) groups excluding carboxylic acids is 3. The first kappa shape index (κ1) is 22.5. The molecule has 4 aliphatic rings. The van der Waals surface area contributed by atoms with Gasteiger partial charge in [-0.05, 0) is 48.4 Å². The zero-order valence-electron chi connectivity index (χ0n) is 18.9. The molecule has 0 N–H and O–H groups in total. The molecule has 0 radical (unpaired) electrons. The molecule has 0 saturated carbocycles. The molecular weight excluding hydrogens is 456 g/mol. The van der Waals surface area contributed by atoms with E-state index in [2.05, 4.69) is 0 Å². The Morgan fingerprint density at radius 2 is 1.80 bits per heavy atom. The molecule has 4 aliphatic heterocycles. The van der Waals surface area contributed by atoms with Crippen molar-refractivity contribution < 1.29 is 28.9 Å². The molecule has 0 spiro atoms. The molecule has 35 heavy (non-hydrogen) atoms. The summed E-state index contributed by atoms with van der Waals surface area (Å²) in [7, 11) is 0. The summed E-state index contributed by atoms with van der Waals surface area (Å²) in [6.45, 7) is 3.41. The van der Waals surface area contributed by atoms with Crippen LogP contribution >= 0.6 is 0 Å². The summed E-state index contributed by atoms with van der Waals surface area (Å²) in [6.07, 6.45) is -0.760. The molecule has 180 valence electrons. The van der Waals surface area contributed by atoms with Crippen LogP contribution in [0.2, 0.25) is 0 Å². The van der Waals surface area contributed by atoms with Gasteiger partial charge in [0.05, 0.1) is 16.9 Å². The van der Waals surface area contributed by atoms with Gasteiger partial charge in [-0.2, -0.15) is 10.1 Å². The summed E-state index contributed by atoms with van der Waals surface area (Å²) >= 11 is 0. The minimum atomic E-state index is -1.04. The van der Waals surface area contributed by atoms with Gasteiger partial charge < -0.3 is 4.74 Å². The van der Waals surface area contributed by atoms with Gasteiger partial charge >= 0.3 is 6.09 Å². The highest BCUT2D eigenvalue weighted by Crippen LogP contribution is 2.43. The van der Waals surface area contributed by atoms with E-state index in [-0.39, 0.29) is 18.2 Å². The Labute approximate surface area is 200 Å². The Morgan fingerprint density at radius 3 is 2.46 bits per heavy atom. The smallest absolute Gasteiger partial charge is 0.431 e. The van der Waals surface area contributed by atoms with E-state index in [1.54, 1.807) is 43.3 Å². The molecular formula is C24H22N4O7. The average Bonchev–Trinajstić information content (AvgIpc) is 3.07. The third-order valence-corrected chi connectivity index (χ3v) is 6.45. The van der Waals surface area contributed by atoms with Gasteiger partial charge in [-0.1, -0.05) is 25.1 Å². The van der Waals surface area contributed by atoms with E-state index in [9.17, 15) is 24.5 Å². The lowest BCUT2D eigenvalue weighted by atomic mass is 9.84.